The van der Waals surface area contributed by atoms with Crippen molar-refractivity contribution in [1.82, 2.24) is 10.0 Å². The van der Waals surface area contributed by atoms with Gasteiger partial charge in [-0.05, 0) is 79.6 Å². The molecule has 0 aromatic carbocycles. The van der Waals surface area contributed by atoms with Crippen molar-refractivity contribution >= 4 is 33.6 Å². The van der Waals surface area contributed by atoms with Crippen molar-refractivity contribution in [2.24, 2.45) is 21.7 Å². The highest BCUT2D eigenvalue weighted by atomic mass is 32.2. The number of sulfonamides is 1. The Kier molecular flexibility index (Phi) is 14.8. The van der Waals surface area contributed by atoms with E-state index in [4.69, 9.17) is 9.47 Å². The van der Waals surface area contributed by atoms with Crippen molar-refractivity contribution in [2.75, 3.05) is 25.5 Å². The lowest BCUT2D eigenvalue weighted by Crippen LogP contribution is -2.47. The van der Waals surface area contributed by atoms with Crippen molar-refractivity contribution in [3.8, 4) is 0 Å². The second-order valence-electron chi connectivity index (χ2n) is 16.1. The molecule has 0 aliphatic rings. The van der Waals surface area contributed by atoms with E-state index in [0.29, 0.717) is 25.9 Å². The van der Waals surface area contributed by atoms with E-state index in [2.05, 4.69) is 10.0 Å². The zero-order valence-electron chi connectivity index (χ0n) is 29.5. The quantitative estimate of drug-likeness (QED) is 0.147. The Morgan fingerprint density at radius 1 is 0.682 bits per heavy atom. The molecule has 12 heteroatoms. The maximum Gasteiger partial charge on any atom is 0.309 e. The molecule has 0 spiro atoms. The fourth-order valence-corrected chi connectivity index (χ4v) is 7.11. The highest BCUT2D eigenvalue weighted by Crippen LogP contribution is 2.36. The molecule has 0 bridgehead atoms. The molecule has 11 nitrogen and oxygen atoms in total. The Morgan fingerprint density at radius 3 is 1.66 bits per heavy atom. The molecule has 0 radical (unpaired) electrons. The third-order valence-electron chi connectivity index (χ3n) is 7.60. The summed E-state index contributed by atoms with van der Waals surface area (Å²) in [5, 5.41) is 12.3. The van der Waals surface area contributed by atoms with Gasteiger partial charge in [-0.15, -0.1) is 0 Å². The lowest BCUT2D eigenvalue weighted by molar-refractivity contribution is -0.149. The van der Waals surface area contributed by atoms with Gasteiger partial charge in [0.25, 0.3) is 0 Å². The van der Waals surface area contributed by atoms with Crippen LogP contribution in [-0.2, 0) is 38.7 Å². The summed E-state index contributed by atoms with van der Waals surface area (Å²) in [6.45, 7) is 23.3. The molecule has 0 aliphatic heterocycles. The molecule has 3 N–H and O–H groups in total. The van der Waals surface area contributed by atoms with Crippen LogP contribution < -0.4 is 10.0 Å². The Bertz CT molecular complexity index is 1120. The van der Waals surface area contributed by atoms with E-state index in [1.54, 1.807) is 34.6 Å². The van der Waals surface area contributed by atoms with Crippen LogP contribution in [0.25, 0.3) is 0 Å². The minimum atomic E-state index is -4.08. The molecule has 0 unspecified atom stereocenters. The third-order valence-corrected chi connectivity index (χ3v) is 9.26. The summed E-state index contributed by atoms with van der Waals surface area (Å²) in [6, 6.07) is 0. The lowest BCUT2D eigenvalue weighted by atomic mass is 9.75. The number of amides is 2. The SMILES string of the molecule is CC(=O)CCC(C)(C)OCCC(C)(C)OCCNC(=O)C(C)(C)CC(C)(C)CS(=O)(=O)NC(=O)C(C)(C)CC(C)(C)C(=O)O. The minimum absolute atomic E-state index is 0.0532. The second kappa shape index (κ2) is 15.5. The van der Waals surface area contributed by atoms with Gasteiger partial charge in [0.2, 0.25) is 21.8 Å². The van der Waals surface area contributed by atoms with Gasteiger partial charge in [-0.2, -0.15) is 0 Å². The predicted molar refractivity (Wildman–Crippen MR) is 172 cm³/mol. The number of carboxylic acid groups (broad SMARTS) is 1. The summed E-state index contributed by atoms with van der Waals surface area (Å²) >= 11 is 0. The van der Waals surface area contributed by atoms with Crippen LogP contribution in [-0.4, -0.2) is 73.8 Å². The summed E-state index contributed by atoms with van der Waals surface area (Å²) < 4.78 is 40.0. The Morgan fingerprint density at radius 2 is 1.16 bits per heavy atom. The second-order valence-corrected chi connectivity index (χ2v) is 17.8. The molecule has 2 amide bonds. The molecule has 0 fully saturated rings. The minimum Gasteiger partial charge on any atom is -0.481 e. The standard InChI is InChI=1S/C32H60N2O9S/c1-23(35)14-15-31(10,11)42-18-16-32(12,13)43-19-17-33-24(36)28(4,5)20-27(2,3)22-44(40,41)34-25(37)29(6,7)21-30(8,9)26(38)39/h14-22H2,1-13H3,(H,33,36)(H,34,37)(H,38,39). The predicted octanol–water partition coefficient (Wildman–Crippen LogP) is 4.87. The zero-order chi connectivity index (χ0) is 35.0. The summed E-state index contributed by atoms with van der Waals surface area (Å²) in [5.41, 5.74) is -5.14. The average Bonchev–Trinajstić information content (AvgIpc) is 2.77. The van der Waals surface area contributed by atoms with E-state index < -0.39 is 60.5 Å². The van der Waals surface area contributed by atoms with Gasteiger partial charge in [0, 0.05) is 23.8 Å². The highest BCUT2D eigenvalue weighted by molar-refractivity contribution is 7.90. The summed E-state index contributed by atoms with van der Waals surface area (Å²) in [6.07, 6.45) is 1.92. The van der Waals surface area contributed by atoms with Gasteiger partial charge in [-0.25, -0.2) is 8.42 Å². The van der Waals surface area contributed by atoms with Crippen molar-refractivity contribution in [3.63, 3.8) is 0 Å². The van der Waals surface area contributed by atoms with Gasteiger partial charge in [-0.3, -0.25) is 19.1 Å². The van der Waals surface area contributed by atoms with E-state index in [1.807, 2.05) is 27.7 Å². The van der Waals surface area contributed by atoms with Gasteiger partial charge in [0.15, 0.2) is 0 Å². The van der Waals surface area contributed by atoms with Crippen LogP contribution in [0, 0.1) is 21.7 Å². The Labute approximate surface area is 266 Å². The molecule has 0 atom stereocenters. The van der Waals surface area contributed by atoms with E-state index in [1.165, 1.54) is 27.7 Å². The average molecular weight is 649 g/mol. The summed E-state index contributed by atoms with van der Waals surface area (Å²) in [4.78, 5) is 48.7. The van der Waals surface area contributed by atoms with Crippen LogP contribution in [0.4, 0.5) is 0 Å². The monoisotopic (exact) mass is 648 g/mol. The third kappa shape index (κ3) is 16.3. The van der Waals surface area contributed by atoms with Gasteiger partial charge < -0.3 is 24.7 Å². The number of rotatable bonds is 21. The normalized spacial score (nSPS) is 13.8. The first kappa shape index (κ1) is 42.0. The number of ketones is 1. The first-order valence-electron chi connectivity index (χ1n) is 15.3. The Balaban J connectivity index is 4.93. The number of ether oxygens (including phenoxy) is 2. The first-order valence-corrected chi connectivity index (χ1v) is 16.9. The topological polar surface area (TPSA) is 165 Å². The fourth-order valence-electron chi connectivity index (χ4n) is 5.34. The number of carbonyl (C=O) groups is 4. The maximum absolute atomic E-state index is 13.0. The number of carbonyl (C=O) groups excluding carboxylic acids is 3. The number of hydrogen-bond donors (Lipinski definition) is 3. The van der Waals surface area contributed by atoms with Gasteiger partial charge in [0.1, 0.15) is 5.78 Å². The smallest absolute Gasteiger partial charge is 0.309 e. The summed E-state index contributed by atoms with van der Waals surface area (Å²) in [5.74, 6) is -2.36. The molecule has 0 rings (SSSR count). The lowest BCUT2D eigenvalue weighted by Gasteiger charge is -2.35. The van der Waals surface area contributed by atoms with Crippen LogP contribution in [0.5, 0.6) is 0 Å². The number of carboxylic acids is 1. The van der Waals surface area contributed by atoms with Gasteiger partial charge >= 0.3 is 5.97 Å². The van der Waals surface area contributed by atoms with E-state index in [0.717, 1.165) is 0 Å². The molecular weight excluding hydrogens is 588 g/mol. The van der Waals surface area contributed by atoms with Gasteiger partial charge in [0.05, 0.1) is 35.6 Å². The van der Waals surface area contributed by atoms with Crippen molar-refractivity contribution in [1.29, 1.82) is 0 Å². The molecule has 44 heavy (non-hydrogen) atoms. The molecular formula is C32H60N2O9S. The molecule has 0 heterocycles. The van der Waals surface area contributed by atoms with Crippen molar-refractivity contribution < 1.29 is 42.2 Å². The highest BCUT2D eigenvalue weighted by Gasteiger charge is 2.42. The number of nitrogens with one attached hydrogen (secondary N) is 2. The molecule has 258 valence electrons. The number of Topliss-reactive ketones (excluding diaryl/α,β-unsaturated/α-hetero) is 1. The largest absolute Gasteiger partial charge is 0.481 e. The van der Waals surface area contributed by atoms with Crippen LogP contribution in [0.1, 0.15) is 122 Å². The van der Waals surface area contributed by atoms with E-state index >= 15 is 0 Å². The molecule has 0 aromatic rings. The number of aliphatic carboxylic acids is 1. The molecule has 0 saturated heterocycles. The van der Waals surface area contributed by atoms with Crippen LogP contribution in [0.3, 0.4) is 0 Å². The van der Waals surface area contributed by atoms with Crippen LogP contribution in [0.2, 0.25) is 0 Å². The van der Waals surface area contributed by atoms with Gasteiger partial charge in [-0.1, -0.05) is 41.5 Å². The number of hydrogen-bond acceptors (Lipinski definition) is 8. The van der Waals surface area contributed by atoms with Crippen molar-refractivity contribution in [2.45, 2.75) is 133 Å². The van der Waals surface area contributed by atoms with Crippen LogP contribution in [0.15, 0.2) is 0 Å². The molecule has 0 aromatic heterocycles. The molecule has 0 aliphatic carbocycles. The Hall–Kier alpha value is -2.05. The van der Waals surface area contributed by atoms with E-state index in [9.17, 15) is 32.7 Å². The summed E-state index contributed by atoms with van der Waals surface area (Å²) in [7, 11) is -4.08. The maximum atomic E-state index is 13.0. The molecule has 0 saturated carbocycles. The van der Waals surface area contributed by atoms with E-state index in [-0.39, 0.29) is 37.7 Å². The van der Waals surface area contributed by atoms with Crippen molar-refractivity contribution in [3.05, 3.63) is 0 Å². The van der Waals surface area contributed by atoms with Crippen LogP contribution >= 0.6 is 0 Å². The fraction of sp³-hybridized carbons (Fsp3) is 0.875. The first-order chi connectivity index (χ1) is 19.4. The zero-order valence-corrected chi connectivity index (χ0v) is 30.3.